The van der Waals surface area contributed by atoms with Gasteiger partial charge in [0.2, 0.25) is 0 Å². The van der Waals surface area contributed by atoms with Crippen molar-refractivity contribution >= 4 is 11.6 Å². The Morgan fingerprint density at radius 2 is 1.89 bits per heavy atom. The highest BCUT2D eigenvalue weighted by Gasteiger charge is 2.39. The van der Waals surface area contributed by atoms with Crippen LogP contribution < -0.4 is 10.1 Å². The maximum atomic E-state index is 12.7. The van der Waals surface area contributed by atoms with Crippen LogP contribution in [0.2, 0.25) is 0 Å². The first-order valence-electron chi connectivity index (χ1n) is 11.0. The number of nitrogens with zero attached hydrogens (tertiary/aromatic N) is 1. The van der Waals surface area contributed by atoms with Crippen LogP contribution in [-0.4, -0.2) is 49.3 Å². The Bertz CT molecular complexity index is 611. The van der Waals surface area contributed by atoms with Crippen LogP contribution in [-0.2, 0) is 9.53 Å². The second-order valence-electron chi connectivity index (χ2n) is 8.32. The summed E-state index contributed by atoms with van der Waals surface area (Å²) >= 11 is 0. The van der Waals surface area contributed by atoms with Crippen molar-refractivity contribution < 1.29 is 14.3 Å². The predicted molar refractivity (Wildman–Crippen MR) is 113 cm³/mol. The number of carbonyl (C=O) groups is 1. The number of hydrogen-bond acceptors (Lipinski definition) is 4. The summed E-state index contributed by atoms with van der Waals surface area (Å²) in [6.45, 7) is 5.38. The lowest BCUT2D eigenvalue weighted by Crippen LogP contribution is -2.46. The number of likely N-dealkylation sites (tertiary alicyclic amines) is 1. The van der Waals surface area contributed by atoms with Crippen molar-refractivity contribution in [1.82, 2.24) is 4.90 Å². The van der Waals surface area contributed by atoms with Crippen molar-refractivity contribution in [2.45, 2.75) is 76.4 Å². The molecule has 1 aliphatic carbocycles. The van der Waals surface area contributed by atoms with Gasteiger partial charge in [-0.1, -0.05) is 25.7 Å². The molecular formula is C23H36N2O3. The summed E-state index contributed by atoms with van der Waals surface area (Å²) in [6.07, 6.45) is 9.91. The molecule has 1 heterocycles. The Kier molecular flexibility index (Phi) is 7.74. The molecule has 1 aliphatic heterocycles. The van der Waals surface area contributed by atoms with Crippen LogP contribution in [0.1, 0.15) is 64.7 Å². The number of rotatable bonds is 8. The molecule has 1 saturated heterocycles. The highest BCUT2D eigenvalue weighted by molar-refractivity contribution is 5.97. The van der Waals surface area contributed by atoms with Gasteiger partial charge in [0, 0.05) is 25.4 Å². The molecule has 0 radical (unpaired) electrons. The molecule has 1 amide bonds. The van der Waals surface area contributed by atoms with Gasteiger partial charge in [-0.15, -0.1) is 0 Å². The van der Waals surface area contributed by atoms with Gasteiger partial charge in [-0.05, 0) is 69.8 Å². The molecule has 0 bridgehead atoms. The maximum Gasteiger partial charge on any atom is 0.256 e. The van der Waals surface area contributed by atoms with Crippen molar-refractivity contribution in [2.75, 3.05) is 32.1 Å². The van der Waals surface area contributed by atoms with Gasteiger partial charge < -0.3 is 19.7 Å². The molecule has 1 atom stereocenters. The molecule has 156 valence electrons. The van der Waals surface area contributed by atoms with E-state index in [1.165, 1.54) is 32.2 Å². The van der Waals surface area contributed by atoms with E-state index < -0.39 is 5.60 Å². The maximum absolute atomic E-state index is 12.7. The molecule has 1 unspecified atom stereocenters. The number of piperidine rings is 1. The predicted octanol–water partition coefficient (Wildman–Crippen LogP) is 4.62. The summed E-state index contributed by atoms with van der Waals surface area (Å²) in [5.41, 5.74) is 0.125. The highest BCUT2D eigenvalue weighted by atomic mass is 16.5. The number of ether oxygens (including phenoxy) is 2. The first-order valence-corrected chi connectivity index (χ1v) is 11.0. The van der Waals surface area contributed by atoms with Crippen LogP contribution in [0.4, 0.5) is 5.69 Å². The Hall–Kier alpha value is -1.59. The Morgan fingerprint density at radius 1 is 1.14 bits per heavy atom. The van der Waals surface area contributed by atoms with Crippen LogP contribution in [0.5, 0.6) is 5.75 Å². The number of amides is 1. The van der Waals surface area contributed by atoms with E-state index in [-0.39, 0.29) is 5.91 Å². The summed E-state index contributed by atoms with van der Waals surface area (Å²) in [4.78, 5) is 15.3. The van der Waals surface area contributed by atoms with Crippen molar-refractivity contribution in [3.8, 4) is 5.75 Å². The van der Waals surface area contributed by atoms with E-state index in [1.54, 1.807) is 7.11 Å². The van der Waals surface area contributed by atoms with E-state index in [0.29, 0.717) is 6.04 Å². The number of methoxy groups -OCH3 is 1. The van der Waals surface area contributed by atoms with Gasteiger partial charge in [0.15, 0.2) is 0 Å². The zero-order valence-corrected chi connectivity index (χ0v) is 17.5. The second kappa shape index (κ2) is 10.3. The topological polar surface area (TPSA) is 50.8 Å². The van der Waals surface area contributed by atoms with Crippen molar-refractivity contribution in [2.24, 2.45) is 0 Å². The number of carbonyl (C=O) groups excluding carboxylic acids is 1. The fourth-order valence-electron chi connectivity index (χ4n) is 4.47. The van der Waals surface area contributed by atoms with Crippen LogP contribution in [0.3, 0.4) is 0 Å². The van der Waals surface area contributed by atoms with E-state index in [4.69, 9.17) is 9.47 Å². The first-order chi connectivity index (χ1) is 13.6. The Morgan fingerprint density at radius 3 is 2.57 bits per heavy atom. The lowest BCUT2D eigenvalue weighted by molar-refractivity contribution is -0.141. The molecule has 5 heteroatoms. The summed E-state index contributed by atoms with van der Waals surface area (Å²) < 4.78 is 11.5. The van der Waals surface area contributed by atoms with Gasteiger partial charge in [0.1, 0.15) is 11.4 Å². The average molecular weight is 389 g/mol. The van der Waals surface area contributed by atoms with Crippen molar-refractivity contribution in [1.29, 1.82) is 0 Å². The number of hydrogen-bond donors (Lipinski definition) is 1. The fourth-order valence-corrected chi connectivity index (χ4v) is 4.47. The van der Waals surface area contributed by atoms with E-state index in [1.807, 2.05) is 24.3 Å². The van der Waals surface area contributed by atoms with Gasteiger partial charge in [-0.2, -0.15) is 0 Å². The molecule has 5 nitrogen and oxygen atoms in total. The van der Waals surface area contributed by atoms with Crippen LogP contribution in [0.25, 0.3) is 0 Å². The number of benzene rings is 1. The van der Waals surface area contributed by atoms with Gasteiger partial charge in [0.25, 0.3) is 5.91 Å². The molecule has 2 fully saturated rings. The van der Waals surface area contributed by atoms with Crippen molar-refractivity contribution in [3.05, 3.63) is 24.3 Å². The van der Waals surface area contributed by atoms with Crippen molar-refractivity contribution in [3.63, 3.8) is 0 Å². The van der Waals surface area contributed by atoms with Crippen LogP contribution in [0, 0.1) is 0 Å². The van der Waals surface area contributed by atoms with E-state index in [9.17, 15) is 4.79 Å². The molecule has 1 aromatic carbocycles. The highest BCUT2D eigenvalue weighted by Crippen LogP contribution is 2.32. The summed E-state index contributed by atoms with van der Waals surface area (Å²) in [5, 5.41) is 3.02. The molecule has 3 rings (SSSR count). The summed E-state index contributed by atoms with van der Waals surface area (Å²) in [6, 6.07) is 8.38. The monoisotopic (exact) mass is 388 g/mol. The minimum atomic E-state index is -0.668. The normalized spacial score (nSPS) is 22.6. The summed E-state index contributed by atoms with van der Waals surface area (Å²) in [7, 11) is 1.65. The lowest BCUT2D eigenvalue weighted by atomic mass is 9.84. The van der Waals surface area contributed by atoms with Crippen LogP contribution >= 0.6 is 0 Å². The molecule has 1 saturated carbocycles. The standard InChI is InChI=1S/C23H36N2O3/c1-19-9-4-7-16-25(19)17-8-18-28-21-12-10-20(11-13-21)24-22(26)23(27-2)14-5-3-6-15-23/h10-13,19H,3-9,14-18H2,1-2H3,(H,24,26). The smallest absolute Gasteiger partial charge is 0.256 e. The summed E-state index contributed by atoms with van der Waals surface area (Å²) in [5.74, 6) is 0.822. The van der Waals surface area contributed by atoms with E-state index in [2.05, 4.69) is 17.1 Å². The van der Waals surface area contributed by atoms with E-state index >= 15 is 0 Å². The second-order valence-corrected chi connectivity index (χ2v) is 8.32. The SMILES string of the molecule is COC1(C(=O)Nc2ccc(OCCCN3CCCCC3C)cc2)CCCCC1. The van der Waals surface area contributed by atoms with Gasteiger partial charge in [0.05, 0.1) is 6.61 Å². The molecule has 1 aromatic rings. The Labute approximate surface area is 169 Å². The van der Waals surface area contributed by atoms with E-state index in [0.717, 1.165) is 56.7 Å². The molecule has 2 aliphatic rings. The van der Waals surface area contributed by atoms with Gasteiger partial charge in [-0.3, -0.25) is 4.79 Å². The van der Waals surface area contributed by atoms with Gasteiger partial charge in [-0.25, -0.2) is 0 Å². The number of anilines is 1. The third-order valence-electron chi connectivity index (χ3n) is 6.38. The molecule has 28 heavy (non-hydrogen) atoms. The first kappa shape index (κ1) is 21.1. The van der Waals surface area contributed by atoms with Crippen LogP contribution in [0.15, 0.2) is 24.3 Å². The minimum absolute atomic E-state index is 0.0287. The molecule has 0 aromatic heterocycles. The largest absolute Gasteiger partial charge is 0.494 e. The zero-order valence-electron chi connectivity index (χ0n) is 17.5. The fraction of sp³-hybridized carbons (Fsp3) is 0.696. The zero-order chi connectivity index (χ0) is 19.8. The third-order valence-corrected chi connectivity index (χ3v) is 6.38. The third kappa shape index (κ3) is 5.48. The molecular weight excluding hydrogens is 352 g/mol. The number of nitrogens with one attached hydrogen (secondary N) is 1. The Balaban J connectivity index is 1.42. The average Bonchev–Trinajstić information content (AvgIpc) is 2.74. The molecule has 1 N–H and O–H groups in total. The molecule has 0 spiro atoms. The minimum Gasteiger partial charge on any atom is -0.494 e. The quantitative estimate of drug-likeness (QED) is 0.660. The lowest BCUT2D eigenvalue weighted by Gasteiger charge is -2.34. The van der Waals surface area contributed by atoms with Gasteiger partial charge >= 0.3 is 0 Å².